The zero-order valence-corrected chi connectivity index (χ0v) is 10.5. The van der Waals surface area contributed by atoms with Crippen molar-refractivity contribution in [3.05, 3.63) is 35.9 Å². The van der Waals surface area contributed by atoms with Gasteiger partial charge in [0.15, 0.2) is 0 Å². The molecule has 0 saturated carbocycles. The molecule has 3 N–H and O–H groups in total. The van der Waals surface area contributed by atoms with Crippen molar-refractivity contribution >= 4 is 5.91 Å². The van der Waals surface area contributed by atoms with Crippen LogP contribution in [0.15, 0.2) is 30.3 Å². The average Bonchev–Trinajstić information content (AvgIpc) is 2.36. The van der Waals surface area contributed by atoms with Crippen molar-refractivity contribution in [2.45, 2.75) is 38.6 Å². The highest BCUT2D eigenvalue weighted by molar-refractivity contribution is 5.76. The summed E-state index contributed by atoms with van der Waals surface area (Å²) in [6, 6.07) is 10.5. The van der Waals surface area contributed by atoms with Crippen molar-refractivity contribution in [3.63, 3.8) is 0 Å². The largest absolute Gasteiger partial charge is 0.353 e. The topological polar surface area (TPSA) is 55.1 Å². The molecule has 0 bridgehead atoms. The molecule has 1 aromatic rings. The molecule has 0 aliphatic rings. The number of hydrogen-bond donors (Lipinski definition) is 2. The van der Waals surface area contributed by atoms with Gasteiger partial charge in [0.1, 0.15) is 0 Å². The first-order valence-electron chi connectivity index (χ1n) is 6.29. The monoisotopic (exact) mass is 234 g/mol. The molecule has 1 atom stereocenters. The van der Waals surface area contributed by atoms with Crippen LogP contribution < -0.4 is 11.1 Å². The van der Waals surface area contributed by atoms with E-state index in [1.165, 1.54) is 5.56 Å². The van der Waals surface area contributed by atoms with Crippen LogP contribution in [-0.4, -0.2) is 18.5 Å². The summed E-state index contributed by atoms with van der Waals surface area (Å²) in [6.07, 6.45) is 3.13. The number of benzene rings is 1. The third kappa shape index (κ3) is 5.50. The molecule has 3 nitrogen and oxygen atoms in total. The number of nitrogens with one attached hydrogen (secondary N) is 1. The maximum atomic E-state index is 11.6. The van der Waals surface area contributed by atoms with Gasteiger partial charge in [-0.15, -0.1) is 0 Å². The van der Waals surface area contributed by atoms with Gasteiger partial charge < -0.3 is 11.1 Å². The lowest BCUT2D eigenvalue weighted by atomic mass is 10.0. The average molecular weight is 234 g/mol. The van der Waals surface area contributed by atoms with Crippen molar-refractivity contribution in [1.29, 1.82) is 0 Å². The molecule has 0 heterocycles. The molecule has 0 aliphatic carbocycles. The van der Waals surface area contributed by atoms with Gasteiger partial charge in [0.25, 0.3) is 0 Å². The van der Waals surface area contributed by atoms with E-state index in [0.29, 0.717) is 13.0 Å². The number of carbonyl (C=O) groups is 1. The number of amides is 1. The second-order valence-electron chi connectivity index (χ2n) is 4.25. The summed E-state index contributed by atoms with van der Waals surface area (Å²) in [6.45, 7) is 2.67. The van der Waals surface area contributed by atoms with E-state index < -0.39 is 0 Å². The summed E-state index contributed by atoms with van der Waals surface area (Å²) >= 11 is 0. The maximum Gasteiger partial charge on any atom is 0.220 e. The standard InChI is InChI=1S/C14H22N2O/c1-2-13(16-14(17)9-6-10-15)11-12-7-4-3-5-8-12/h3-5,7-8,13H,2,6,9-11,15H2,1H3,(H,16,17). The molecule has 1 rings (SSSR count). The Balaban J connectivity index is 2.41. The Kier molecular flexibility index (Phi) is 6.33. The molecule has 0 aromatic heterocycles. The SMILES string of the molecule is CCC(Cc1ccccc1)NC(=O)CCCN. The predicted molar refractivity (Wildman–Crippen MR) is 70.7 cm³/mol. The first-order chi connectivity index (χ1) is 8.26. The van der Waals surface area contributed by atoms with Crippen molar-refractivity contribution in [1.82, 2.24) is 5.32 Å². The van der Waals surface area contributed by atoms with Crippen LogP contribution in [0.4, 0.5) is 0 Å². The third-order valence-corrected chi connectivity index (χ3v) is 2.79. The second-order valence-corrected chi connectivity index (χ2v) is 4.25. The van der Waals surface area contributed by atoms with E-state index >= 15 is 0 Å². The van der Waals surface area contributed by atoms with Crippen LogP contribution in [0, 0.1) is 0 Å². The minimum absolute atomic E-state index is 0.109. The maximum absolute atomic E-state index is 11.6. The number of nitrogens with two attached hydrogens (primary N) is 1. The summed E-state index contributed by atoms with van der Waals surface area (Å²) in [5.41, 5.74) is 6.65. The summed E-state index contributed by atoms with van der Waals surface area (Å²) in [7, 11) is 0. The molecule has 0 spiro atoms. The predicted octanol–water partition coefficient (Wildman–Crippen LogP) is 1.86. The first-order valence-corrected chi connectivity index (χ1v) is 6.29. The smallest absolute Gasteiger partial charge is 0.220 e. The van der Waals surface area contributed by atoms with Gasteiger partial charge in [-0.1, -0.05) is 37.3 Å². The zero-order valence-electron chi connectivity index (χ0n) is 10.5. The van der Waals surface area contributed by atoms with Crippen LogP contribution >= 0.6 is 0 Å². The van der Waals surface area contributed by atoms with Gasteiger partial charge in [0.05, 0.1) is 0 Å². The summed E-state index contributed by atoms with van der Waals surface area (Å²) in [4.78, 5) is 11.6. The lowest BCUT2D eigenvalue weighted by Crippen LogP contribution is -2.36. The second kappa shape index (κ2) is 7.85. The Morgan fingerprint density at radius 2 is 2.06 bits per heavy atom. The number of carbonyl (C=O) groups excluding carboxylic acids is 1. The summed E-state index contributed by atoms with van der Waals surface area (Å²) in [5, 5.41) is 3.06. The minimum atomic E-state index is 0.109. The Labute approximate surface area is 103 Å². The molecule has 1 aromatic carbocycles. The molecule has 0 radical (unpaired) electrons. The molecule has 0 saturated heterocycles. The van der Waals surface area contributed by atoms with E-state index in [1.807, 2.05) is 18.2 Å². The van der Waals surface area contributed by atoms with E-state index in [2.05, 4.69) is 24.4 Å². The van der Waals surface area contributed by atoms with Crippen molar-refractivity contribution in [2.24, 2.45) is 5.73 Å². The molecule has 94 valence electrons. The van der Waals surface area contributed by atoms with E-state index in [1.54, 1.807) is 0 Å². The van der Waals surface area contributed by atoms with Crippen LogP contribution in [0.3, 0.4) is 0 Å². The highest BCUT2D eigenvalue weighted by Crippen LogP contribution is 2.06. The highest BCUT2D eigenvalue weighted by atomic mass is 16.1. The van der Waals surface area contributed by atoms with E-state index in [0.717, 1.165) is 19.3 Å². The van der Waals surface area contributed by atoms with E-state index in [-0.39, 0.29) is 11.9 Å². The molecule has 0 aliphatic heterocycles. The van der Waals surface area contributed by atoms with Crippen molar-refractivity contribution in [2.75, 3.05) is 6.54 Å². The Hall–Kier alpha value is -1.35. The molecule has 1 unspecified atom stereocenters. The van der Waals surface area contributed by atoms with Crippen LogP contribution in [0.25, 0.3) is 0 Å². The molecule has 3 heteroatoms. The Bertz CT molecular complexity index is 324. The highest BCUT2D eigenvalue weighted by Gasteiger charge is 2.10. The van der Waals surface area contributed by atoms with Crippen molar-refractivity contribution in [3.8, 4) is 0 Å². The minimum Gasteiger partial charge on any atom is -0.353 e. The van der Waals surface area contributed by atoms with Crippen LogP contribution in [0.5, 0.6) is 0 Å². The lowest BCUT2D eigenvalue weighted by molar-refractivity contribution is -0.121. The zero-order chi connectivity index (χ0) is 12.5. The summed E-state index contributed by atoms with van der Waals surface area (Å²) < 4.78 is 0. The van der Waals surface area contributed by atoms with Gasteiger partial charge in [0.2, 0.25) is 5.91 Å². The normalized spacial score (nSPS) is 12.1. The van der Waals surface area contributed by atoms with Gasteiger partial charge in [0, 0.05) is 12.5 Å². The van der Waals surface area contributed by atoms with E-state index in [9.17, 15) is 4.79 Å². The third-order valence-electron chi connectivity index (χ3n) is 2.79. The fourth-order valence-corrected chi connectivity index (χ4v) is 1.76. The lowest BCUT2D eigenvalue weighted by Gasteiger charge is -2.17. The molecule has 1 amide bonds. The fraction of sp³-hybridized carbons (Fsp3) is 0.500. The van der Waals surface area contributed by atoms with Gasteiger partial charge in [-0.3, -0.25) is 4.79 Å². The van der Waals surface area contributed by atoms with Gasteiger partial charge in [-0.25, -0.2) is 0 Å². The molecular formula is C14H22N2O. The van der Waals surface area contributed by atoms with Gasteiger partial charge >= 0.3 is 0 Å². The Morgan fingerprint density at radius 1 is 1.35 bits per heavy atom. The van der Waals surface area contributed by atoms with Crippen LogP contribution in [-0.2, 0) is 11.2 Å². The first kappa shape index (κ1) is 13.7. The van der Waals surface area contributed by atoms with Crippen LogP contribution in [0.1, 0.15) is 31.7 Å². The van der Waals surface area contributed by atoms with Crippen molar-refractivity contribution < 1.29 is 4.79 Å². The van der Waals surface area contributed by atoms with Gasteiger partial charge in [-0.2, -0.15) is 0 Å². The molecule has 17 heavy (non-hydrogen) atoms. The van der Waals surface area contributed by atoms with Crippen LogP contribution in [0.2, 0.25) is 0 Å². The van der Waals surface area contributed by atoms with Gasteiger partial charge in [-0.05, 0) is 31.4 Å². The van der Waals surface area contributed by atoms with E-state index in [4.69, 9.17) is 5.73 Å². The molecule has 0 fully saturated rings. The summed E-state index contributed by atoms with van der Waals surface area (Å²) in [5.74, 6) is 0.109. The number of hydrogen-bond acceptors (Lipinski definition) is 2. The molecular weight excluding hydrogens is 212 g/mol. The Morgan fingerprint density at radius 3 is 2.65 bits per heavy atom. The fourth-order valence-electron chi connectivity index (χ4n) is 1.76. The quantitative estimate of drug-likeness (QED) is 0.756. The number of rotatable bonds is 7.